The topological polar surface area (TPSA) is 64.0 Å². The lowest BCUT2D eigenvalue weighted by molar-refractivity contribution is -0.137. The van der Waals surface area contributed by atoms with E-state index in [4.69, 9.17) is 0 Å². The molecule has 5 rings (SSSR count). The first-order chi connectivity index (χ1) is 17.3. The lowest BCUT2D eigenvalue weighted by atomic mass is 10.2. The van der Waals surface area contributed by atoms with E-state index in [0.29, 0.717) is 21.1 Å². The Morgan fingerprint density at radius 3 is 2.56 bits per heavy atom. The summed E-state index contributed by atoms with van der Waals surface area (Å²) < 4.78 is 40.4. The fourth-order valence-corrected chi connectivity index (χ4v) is 6.20. The van der Waals surface area contributed by atoms with E-state index in [-0.39, 0.29) is 17.0 Å². The summed E-state index contributed by atoms with van der Waals surface area (Å²) in [4.78, 5) is 32.5. The van der Waals surface area contributed by atoms with E-state index in [1.54, 1.807) is 24.3 Å². The molecule has 0 bridgehead atoms. The van der Waals surface area contributed by atoms with Crippen LogP contribution in [0.4, 0.5) is 18.9 Å². The number of hydrogen-bond acceptors (Lipinski definition) is 6. The molecule has 0 fully saturated rings. The standard InChI is InChI=1S/C25H16F3N3O2S3/c26-25(27,28)15-6-4-7-16(12-15)29-20(32)14-36-24-30-22-21(18(13-35-22)19-10-5-11-34-19)23(33)31(24)17-8-2-1-3-9-17/h1-13H,14H2,(H,29,32). The predicted octanol–water partition coefficient (Wildman–Crippen LogP) is 6.93. The Morgan fingerprint density at radius 1 is 1.03 bits per heavy atom. The molecule has 0 aliphatic heterocycles. The highest BCUT2D eigenvalue weighted by Gasteiger charge is 2.30. The minimum Gasteiger partial charge on any atom is -0.325 e. The van der Waals surface area contributed by atoms with Crippen molar-refractivity contribution in [1.29, 1.82) is 0 Å². The van der Waals surface area contributed by atoms with Gasteiger partial charge in [-0.2, -0.15) is 13.2 Å². The molecule has 11 heteroatoms. The number of amides is 1. The summed E-state index contributed by atoms with van der Waals surface area (Å²) >= 11 is 3.92. The monoisotopic (exact) mass is 543 g/mol. The second kappa shape index (κ2) is 9.92. The summed E-state index contributed by atoms with van der Waals surface area (Å²) in [5.74, 6) is -0.664. The number of para-hydroxylation sites is 1. The lowest BCUT2D eigenvalue weighted by Gasteiger charge is -2.13. The van der Waals surface area contributed by atoms with Crippen molar-refractivity contribution in [3.63, 3.8) is 0 Å². The van der Waals surface area contributed by atoms with Crippen LogP contribution in [0, 0.1) is 0 Å². The quantitative estimate of drug-likeness (QED) is 0.186. The smallest absolute Gasteiger partial charge is 0.325 e. The normalized spacial score (nSPS) is 11.6. The third kappa shape index (κ3) is 4.95. The first kappa shape index (κ1) is 24.3. The number of anilines is 1. The third-order valence-electron chi connectivity index (χ3n) is 5.18. The van der Waals surface area contributed by atoms with Gasteiger partial charge in [-0.05, 0) is 41.8 Å². The SMILES string of the molecule is O=C(CSc1nc2scc(-c3cccs3)c2c(=O)n1-c1ccccc1)Nc1cccc(C(F)(F)F)c1. The van der Waals surface area contributed by atoms with Crippen molar-refractivity contribution in [2.24, 2.45) is 0 Å². The van der Waals surface area contributed by atoms with Gasteiger partial charge in [0.1, 0.15) is 4.83 Å². The van der Waals surface area contributed by atoms with Crippen LogP contribution in [0.3, 0.4) is 0 Å². The van der Waals surface area contributed by atoms with Crippen LogP contribution < -0.4 is 10.9 Å². The van der Waals surface area contributed by atoms with Crippen LogP contribution in [0.5, 0.6) is 0 Å². The van der Waals surface area contributed by atoms with E-state index < -0.39 is 17.6 Å². The number of rotatable bonds is 6. The average molecular weight is 544 g/mol. The molecule has 0 saturated heterocycles. The molecule has 1 amide bonds. The maximum atomic E-state index is 13.7. The summed E-state index contributed by atoms with van der Waals surface area (Å²) in [6.45, 7) is 0. The number of hydrogen-bond donors (Lipinski definition) is 1. The van der Waals surface area contributed by atoms with Gasteiger partial charge in [0.05, 0.1) is 22.4 Å². The molecule has 3 aromatic heterocycles. The Hall–Kier alpha value is -3.41. The van der Waals surface area contributed by atoms with Crippen LogP contribution in [0.2, 0.25) is 0 Å². The largest absolute Gasteiger partial charge is 0.416 e. The molecule has 1 N–H and O–H groups in total. The van der Waals surface area contributed by atoms with Crippen LogP contribution in [0.15, 0.2) is 87.4 Å². The number of halogens is 3. The van der Waals surface area contributed by atoms with E-state index in [1.807, 2.05) is 29.0 Å². The summed E-state index contributed by atoms with van der Waals surface area (Å²) in [6, 6.07) is 17.3. The Balaban J connectivity index is 1.47. The highest BCUT2D eigenvalue weighted by atomic mass is 32.2. The summed E-state index contributed by atoms with van der Waals surface area (Å²) in [6.07, 6.45) is -4.51. The highest BCUT2D eigenvalue weighted by Crippen LogP contribution is 2.35. The summed E-state index contributed by atoms with van der Waals surface area (Å²) in [5, 5.41) is 7.15. The number of carbonyl (C=O) groups is 1. The molecule has 5 aromatic rings. The Morgan fingerprint density at radius 2 is 1.83 bits per heavy atom. The molecule has 5 nitrogen and oxygen atoms in total. The van der Waals surface area contributed by atoms with Crippen LogP contribution >= 0.6 is 34.4 Å². The first-order valence-electron chi connectivity index (χ1n) is 10.5. The Kier molecular flexibility index (Phi) is 6.69. The van der Waals surface area contributed by atoms with Gasteiger partial charge in [-0.25, -0.2) is 4.98 Å². The van der Waals surface area contributed by atoms with E-state index in [2.05, 4.69) is 10.3 Å². The molecule has 0 aliphatic carbocycles. The van der Waals surface area contributed by atoms with Crippen molar-refractivity contribution < 1.29 is 18.0 Å². The maximum Gasteiger partial charge on any atom is 0.416 e. The number of alkyl halides is 3. The minimum atomic E-state index is -4.51. The van der Waals surface area contributed by atoms with Crippen molar-refractivity contribution >= 4 is 56.2 Å². The molecule has 3 heterocycles. The number of thioether (sulfide) groups is 1. The number of benzene rings is 2. The molecule has 0 unspecified atom stereocenters. The number of nitrogens with zero attached hydrogens (tertiary/aromatic N) is 2. The minimum absolute atomic E-state index is 0.0399. The zero-order valence-electron chi connectivity index (χ0n) is 18.3. The van der Waals surface area contributed by atoms with Crippen LogP contribution in [-0.2, 0) is 11.0 Å². The predicted molar refractivity (Wildman–Crippen MR) is 139 cm³/mol. The van der Waals surface area contributed by atoms with Crippen molar-refractivity contribution in [1.82, 2.24) is 9.55 Å². The van der Waals surface area contributed by atoms with Crippen molar-refractivity contribution in [3.05, 3.63) is 93.4 Å². The van der Waals surface area contributed by atoms with E-state index in [0.717, 1.165) is 34.3 Å². The number of nitrogens with one attached hydrogen (secondary N) is 1. The number of carbonyl (C=O) groups excluding carboxylic acids is 1. The van der Waals surface area contributed by atoms with Gasteiger partial charge in [0.25, 0.3) is 5.56 Å². The van der Waals surface area contributed by atoms with E-state index in [9.17, 15) is 22.8 Å². The second-order valence-electron chi connectivity index (χ2n) is 7.59. The van der Waals surface area contributed by atoms with Gasteiger partial charge in [-0.1, -0.05) is 42.1 Å². The number of thiophene rings is 2. The molecular weight excluding hydrogens is 527 g/mol. The molecule has 0 radical (unpaired) electrons. The van der Waals surface area contributed by atoms with Gasteiger partial charge in [0.15, 0.2) is 5.16 Å². The van der Waals surface area contributed by atoms with E-state index >= 15 is 0 Å². The van der Waals surface area contributed by atoms with Crippen molar-refractivity contribution in [2.45, 2.75) is 11.3 Å². The van der Waals surface area contributed by atoms with Crippen LogP contribution in [0.1, 0.15) is 5.56 Å². The molecular formula is C25H16F3N3O2S3. The molecule has 0 spiro atoms. The molecule has 182 valence electrons. The average Bonchev–Trinajstić information content (AvgIpc) is 3.53. The molecule has 0 aliphatic rings. The van der Waals surface area contributed by atoms with Gasteiger partial charge >= 0.3 is 6.18 Å². The van der Waals surface area contributed by atoms with E-state index in [1.165, 1.54) is 39.4 Å². The van der Waals surface area contributed by atoms with Crippen LogP contribution in [0.25, 0.3) is 26.3 Å². The highest BCUT2D eigenvalue weighted by molar-refractivity contribution is 7.99. The fourth-order valence-electron chi connectivity index (χ4n) is 3.59. The van der Waals surface area contributed by atoms with Gasteiger partial charge < -0.3 is 5.32 Å². The fraction of sp³-hybridized carbons (Fsp3) is 0.0800. The number of aromatic nitrogens is 2. The number of fused-ring (bicyclic) bond motifs is 1. The zero-order valence-corrected chi connectivity index (χ0v) is 20.7. The van der Waals surface area contributed by atoms with Gasteiger partial charge in [-0.15, -0.1) is 22.7 Å². The molecule has 36 heavy (non-hydrogen) atoms. The Bertz CT molecular complexity index is 1590. The van der Waals surface area contributed by atoms with Crippen molar-refractivity contribution in [3.8, 4) is 16.1 Å². The summed E-state index contributed by atoms with van der Waals surface area (Å²) in [5.41, 5.74) is 0.346. The zero-order chi connectivity index (χ0) is 25.3. The maximum absolute atomic E-state index is 13.7. The second-order valence-corrected chi connectivity index (χ2v) is 10.3. The molecule has 0 atom stereocenters. The van der Waals surface area contributed by atoms with Gasteiger partial charge in [-0.3, -0.25) is 14.2 Å². The summed E-state index contributed by atoms with van der Waals surface area (Å²) in [7, 11) is 0. The first-order valence-corrected chi connectivity index (χ1v) is 13.3. The van der Waals surface area contributed by atoms with Gasteiger partial charge in [0.2, 0.25) is 5.91 Å². The van der Waals surface area contributed by atoms with Crippen LogP contribution in [-0.4, -0.2) is 21.2 Å². The molecule has 0 saturated carbocycles. The Labute approximate surface area is 215 Å². The van der Waals surface area contributed by atoms with Crippen molar-refractivity contribution in [2.75, 3.05) is 11.1 Å². The molecule has 2 aromatic carbocycles. The lowest BCUT2D eigenvalue weighted by Crippen LogP contribution is -2.22. The third-order valence-corrected chi connectivity index (χ3v) is 7.90. The van der Waals surface area contributed by atoms with Gasteiger partial charge in [0, 0.05) is 21.5 Å².